The minimum atomic E-state index is 0. The standard InChI is InChI=1S/C21H30N4O3.HI/c1-5-16(6-2)18-12-17(28-24-18)13-23-21(22-3)25(4)14-15-7-8-19-20(11-15)27-10-9-26-19;/h7-8,11-12,16H,5-6,9-10,13-14H2,1-4H3,(H,22,23);1H. The molecular weight excluding hydrogens is 483 g/mol. The molecule has 0 radical (unpaired) electrons. The monoisotopic (exact) mass is 514 g/mol. The first-order chi connectivity index (χ1) is 13.6. The van der Waals surface area contributed by atoms with Gasteiger partial charge in [0, 0.05) is 32.6 Å². The maximum absolute atomic E-state index is 5.67. The highest BCUT2D eigenvalue weighted by molar-refractivity contribution is 14.0. The highest BCUT2D eigenvalue weighted by Crippen LogP contribution is 2.31. The maximum atomic E-state index is 5.67. The smallest absolute Gasteiger partial charge is 0.194 e. The van der Waals surface area contributed by atoms with Gasteiger partial charge in [-0.1, -0.05) is 25.1 Å². The van der Waals surface area contributed by atoms with E-state index in [1.165, 1.54) is 0 Å². The average Bonchev–Trinajstić information content (AvgIpc) is 3.18. The minimum absolute atomic E-state index is 0. The first-order valence-electron chi connectivity index (χ1n) is 9.90. The fourth-order valence-corrected chi connectivity index (χ4v) is 3.40. The van der Waals surface area contributed by atoms with Crippen molar-refractivity contribution in [2.75, 3.05) is 27.3 Å². The summed E-state index contributed by atoms with van der Waals surface area (Å²) in [7, 11) is 3.78. The Hall–Kier alpha value is -1.97. The van der Waals surface area contributed by atoms with E-state index in [4.69, 9.17) is 14.0 Å². The van der Waals surface area contributed by atoms with Crippen LogP contribution in [0.1, 0.15) is 49.6 Å². The van der Waals surface area contributed by atoms with E-state index in [1.54, 1.807) is 7.05 Å². The van der Waals surface area contributed by atoms with Gasteiger partial charge in [-0.25, -0.2) is 0 Å². The van der Waals surface area contributed by atoms with Crippen molar-refractivity contribution in [2.24, 2.45) is 4.99 Å². The Bertz CT molecular complexity index is 805. The van der Waals surface area contributed by atoms with Crippen molar-refractivity contribution < 1.29 is 14.0 Å². The van der Waals surface area contributed by atoms with Gasteiger partial charge in [0.1, 0.15) is 13.2 Å². The van der Waals surface area contributed by atoms with Gasteiger partial charge in [0.25, 0.3) is 0 Å². The van der Waals surface area contributed by atoms with Crippen LogP contribution in [0.4, 0.5) is 0 Å². The summed E-state index contributed by atoms with van der Waals surface area (Å²) in [6, 6.07) is 8.08. The van der Waals surface area contributed by atoms with Gasteiger partial charge in [-0.2, -0.15) is 0 Å². The fourth-order valence-electron chi connectivity index (χ4n) is 3.40. The lowest BCUT2D eigenvalue weighted by atomic mass is 9.99. The normalized spacial score (nSPS) is 13.2. The molecule has 1 aromatic carbocycles. The van der Waals surface area contributed by atoms with Gasteiger partial charge in [-0.05, 0) is 30.5 Å². The number of aliphatic imine (C=N–C) groups is 1. The lowest BCUT2D eigenvalue weighted by Crippen LogP contribution is -2.38. The van der Waals surface area contributed by atoms with Crippen molar-refractivity contribution in [3.05, 3.63) is 41.3 Å². The molecule has 160 valence electrons. The summed E-state index contributed by atoms with van der Waals surface area (Å²) in [5, 5.41) is 7.56. The third-order valence-electron chi connectivity index (χ3n) is 5.00. The molecule has 0 bridgehead atoms. The van der Waals surface area contributed by atoms with Gasteiger partial charge in [0.05, 0.1) is 12.2 Å². The topological polar surface area (TPSA) is 72.1 Å². The van der Waals surface area contributed by atoms with E-state index in [1.807, 2.05) is 25.2 Å². The second-order valence-corrected chi connectivity index (χ2v) is 6.97. The highest BCUT2D eigenvalue weighted by Gasteiger charge is 2.15. The molecule has 0 unspecified atom stereocenters. The van der Waals surface area contributed by atoms with E-state index in [2.05, 4.69) is 40.3 Å². The number of benzene rings is 1. The molecule has 8 heteroatoms. The molecule has 7 nitrogen and oxygen atoms in total. The number of nitrogens with zero attached hydrogens (tertiary/aromatic N) is 3. The van der Waals surface area contributed by atoms with Crippen LogP contribution in [0.3, 0.4) is 0 Å². The summed E-state index contributed by atoms with van der Waals surface area (Å²) >= 11 is 0. The van der Waals surface area contributed by atoms with Crippen molar-refractivity contribution in [2.45, 2.75) is 45.7 Å². The Balaban J connectivity index is 0.00000300. The lowest BCUT2D eigenvalue weighted by Gasteiger charge is -2.23. The summed E-state index contributed by atoms with van der Waals surface area (Å²) in [5.74, 6) is 3.66. The van der Waals surface area contributed by atoms with E-state index < -0.39 is 0 Å². The molecule has 3 rings (SSSR count). The van der Waals surface area contributed by atoms with Gasteiger partial charge in [0.15, 0.2) is 23.2 Å². The van der Waals surface area contributed by atoms with Crippen molar-refractivity contribution in [1.29, 1.82) is 0 Å². The number of hydrogen-bond acceptors (Lipinski definition) is 5. The molecule has 0 aliphatic carbocycles. The molecule has 1 aromatic heterocycles. The molecule has 1 aliphatic rings. The minimum Gasteiger partial charge on any atom is -0.486 e. The molecule has 0 spiro atoms. The zero-order chi connectivity index (χ0) is 19.9. The molecule has 0 atom stereocenters. The summed E-state index contributed by atoms with van der Waals surface area (Å²) in [6.07, 6.45) is 2.13. The van der Waals surface area contributed by atoms with E-state index in [0.29, 0.717) is 32.2 Å². The first kappa shape index (κ1) is 23.3. The summed E-state index contributed by atoms with van der Waals surface area (Å²) in [6.45, 7) is 6.79. The third-order valence-corrected chi connectivity index (χ3v) is 5.00. The summed E-state index contributed by atoms with van der Waals surface area (Å²) in [4.78, 5) is 6.43. The van der Waals surface area contributed by atoms with Gasteiger partial charge in [0.2, 0.25) is 0 Å². The van der Waals surface area contributed by atoms with Crippen molar-refractivity contribution >= 4 is 29.9 Å². The van der Waals surface area contributed by atoms with Gasteiger partial charge < -0.3 is 24.2 Å². The van der Waals surface area contributed by atoms with Crippen molar-refractivity contribution in [1.82, 2.24) is 15.4 Å². The summed E-state index contributed by atoms with van der Waals surface area (Å²) < 4.78 is 16.7. The molecule has 0 saturated heterocycles. The van der Waals surface area contributed by atoms with Crippen LogP contribution in [-0.2, 0) is 13.1 Å². The van der Waals surface area contributed by atoms with Crippen LogP contribution in [0.15, 0.2) is 33.8 Å². The number of fused-ring (bicyclic) bond motifs is 1. The Morgan fingerprint density at radius 1 is 1.17 bits per heavy atom. The molecule has 0 fully saturated rings. The molecule has 1 N–H and O–H groups in total. The van der Waals surface area contributed by atoms with Crippen LogP contribution in [0.5, 0.6) is 11.5 Å². The number of rotatable bonds is 7. The van der Waals surface area contributed by atoms with E-state index >= 15 is 0 Å². The lowest BCUT2D eigenvalue weighted by molar-refractivity contribution is 0.171. The van der Waals surface area contributed by atoms with Crippen LogP contribution in [-0.4, -0.2) is 43.3 Å². The molecule has 2 heterocycles. The number of nitrogens with one attached hydrogen (secondary N) is 1. The predicted molar refractivity (Wildman–Crippen MR) is 124 cm³/mol. The molecular formula is C21H31IN4O3. The number of guanidine groups is 1. The Morgan fingerprint density at radius 2 is 1.90 bits per heavy atom. The van der Waals surface area contributed by atoms with Crippen LogP contribution >= 0.6 is 24.0 Å². The molecule has 0 amide bonds. The van der Waals surface area contributed by atoms with E-state index in [-0.39, 0.29) is 24.0 Å². The van der Waals surface area contributed by atoms with Crippen LogP contribution < -0.4 is 14.8 Å². The fraction of sp³-hybridized carbons (Fsp3) is 0.524. The average molecular weight is 514 g/mol. The summed E-state index contributed by atoms with van der Waals surface area (Å²) in [5.41, 5.74) is 2.16. The quantitative estimate of drug-likeness (QED) is 0.340. The SMILES string of the molecule is CCC(CC)c1cc(CNC(=NC)N(C)Cc2ccc3c(c2)OCCO3)on1.I. The van der Waals surface area contributed by atoms with Gasteiger partial charge >= 0.3 is 0 Å². The predicted octanol–water partition coefficient (Wildman–Crippen LogP) is 4.17. The molecule has 29 heavy (non-hydrogen) atoms. The van der Waals surface area contributed by atoms with E-state index in [9.17, 15) is 0 Å². The van der Waals surface area contributed by atoms with Gasteiger partial charge in [-0.3, -0.25) is 4.99 Å². The first-order valence-corrected chi connectivity index (χ1v) is 9.90. The van der Waals surface area contributed by atoms with Crippen LogP contribution in [0.25, 0.3) is 0 Å². The third kappa shape index (κ3) is 6.01. The number of aromatic nitrogens is 1. The number of hydrogen-bond donors (Lipinski definition) is 1. The van der Waals surface area contributed by atoms with Crippen molar-refractivity contribution in [3.8, 4) is 11.5 Å². The number of ether oxygens (including phenoxy) is 2. The van der Waals surface area contributed by atoms with Crippen LogP contribution in [0, 0.1) is 0 Å². The molecule has 1 aliphatic heterocycles. The second kappa shape index (κ2) is 11.3. The van der Waals surface area contributed by atoms with E-state index in [0.717, 1.165) is 47.3 Å². The highest BCUT2D eigenvalue weighted by atomic mass is 127. The largest absolute Gasteiger partial charge is 0.486 e. The zero-order valence-corrected chi connectivity index (χ0v) is 19.9. The molecule has 2 aromatic rings. The Morgan fingerprint density at radius 3 is 2.59 bits per heavy atom. The van der Waals surface area contributed by atoms with Crippen molar-refractivity contribution in [3.63, 3.8) is 0 Å². The number of halogens is 1. The van der Waals surface area contributed by atoms with Gasteiger partial charge in [-0.15, -0.1) is 24.0 Å². The molecule has 0 saturated carbocycles. The Kier molecular flexibility index (Phi) is 9.06. The second-order valence-electron chi connectivity index (χ2n) is 6.97. The van der Waals surface area contributed by atoms with Crippen LogP contribution in [0.2, 0.25) is 0 Å². The zero-order valence-electron chi connectivity index (χ0n) is 17.6. The maximum Gasteiger partial charge on any atom is 0.194 e. The Labute approximate surface area is 189 Å².